The lowest BCUT2D eigenvalue weighted by atomic mass is 10.1. The summed E-state index contributed by atoms with van der Waals surface area (Å²) in [7, 11) is -4.43. The van der Waals surface area contributed by atoms with Crippen molar-refractivity contribution in [3.63, 3.8) is 0 Å². The maximum absolute atomic E-state index is 12.6. The normalized spacial score (nSPS) is 12.8. The summed E-state index contributed by atoms with van der Waals surface area (Å²) in [5.41, 5.74) is 0.912. The largest absolute Gasteiger partial charge is 0.480 e. The predicted molar refractivity (Wildman–Crippen MR) is 102 cm³/mol. The third kappa shape index (κ3) is 3.98. The second kappa shape index (κ2) is 7.58. The highest BCUT2D eigenvalue weighted by Gasteiger charge is 2.29. The van der Waals surface area contributed by atoms with Crippen molar-refractivity contribution >= 4 is 44.2 Å². The Balaban J connectivity index is 1.93. The molecule has 1 heterocycles. The van der Waals surface area contributed by atoms with Crippen LogP contribution in [0.25, 0.3) is 10.9 Å². The molecule has 0 fully saturated rings. The van der Waals surface area contributed by atoms with Crippen LogP contribution in [0.4, 0.5) is 5.69 Å². The van der Waals surface area contributed by atoms with Crippen LogP contribution in [0.1, 0.15) is 5.56 Å². The van der Waals surface area contributed by atoms with E-state index in [1.165, 1.54) is 0 Å². The Morgan fingerprint density at radius 3 is 2.68 bits per heavy atom. The number of carbonyl (C=O) groups is 1. The molecule has 0 spiro atoms. The molecule has 2 aromatic carbocycles. The number of aromatic amines is 1. The Bertz CT molecular complexity index is 1170. The molecule has 0 aliphatic heterocycles. The number of halogens is 1. The van der Waals surface area contributed by atoms with Crippen molar-refractivity contribution in [3.8, 4) is 0 Å². The molecule has 1 atom stereocenters. The molecule has 3 rings (SSSR count). The molecule has 3 aromatic rings. The van der Waals surface area contributed by atoms with Gasteiger partial charge in [0.1, 0.15) is 10.9 Å². The van der Waals surface area contributed by atoms with E-state index in [-0.39, 0.29) is 11.4 Å². The molecule has 0 unspecified atom stereocenters. The first-order chi connectivity index (χ1) is 13.2. The number of aromatic nitrogens is 1. The lowest BCUT2D eigenvalue weighted by Crippen LogP contribution is -2.42. The number of nitro benzene ring substituents is 1. The fourth-order valence-electron chi connectivity index (χ4n) is 2.76. The minimum atomic E-state index is -4.43. The SMILES string of the molecule is O=C(O)[C@@H](Cc1c[nH]c2ccccc12)NS(=O)(=O)c1cc([N+](=O)[O-])ccc1Cl. The monoisotopic (exact) mass is 423 g/mol. The number of nitrogens with zero attached hydrogens (tertiary/aromatic N) is 1. The molecule has 9 nitrogen and oxygen atoms in total. The van der Waals surface area contributed by atoms with Gasteiger partial charge in [-0.3, -0.25) is 14.9 Å². The Kier molecular flexibility index (Phi) is 5.36. The zero-order valence-electron chi connectivity index (χ0n) is 14.1. The summed E-state index contributed by atoms with van der Waals surface area (Å²) in [6.45, 7) is 0. The number of fused-ring (bicyclic) bond motifs is 1. The molecule has 3 N–H and O–H groups in total. The number of sulfonamides is 1. The van der Waals surface area contributed by atoms with Gasteiger partial charge in [-0.1, -0.05) is 29.8 Å². The van der Waals surface area contributed by atoms with Gasteiger partial charge in [-0.15, -0.1) is 0 Å². The highest BCUT2D eigenvalue weighted by molar-refractivity contribution is 7.89. The molecule has 0 saturated carbocycles. The molecule has 0 saturated heterocycles. The smallest absolute Gasteiger partial charge is 0.322 e. The Labute approximate surface area is 164 Å². The summed E-state index contributed by atoms with van der Waals surface area (Å²) in [6.07, 6.45) is 1.47. The van der Waals surface area contributed by atoms with Crippen molar-refractivity contribution in [2.75, 3.05) is 0 Å². The van der Waals surface area contributed by atoms with Gasteiger partial charge < -0.3 is 10.1 Å². The molecular weight excluding hydrogens is 410 g/mol. The molecule has 0 amide bonds. The van der Waals surface area contributed by atoms with Crippen LogP contribution in [-0.4, -0.2) is 35.4 Å². The molecule has 11 heteroatoms. The number of nitrogens with one attached hydrogen (secondary N) is 2. The third-order valence-electron chi connectivity index (χ3n) is 4.11. The number of carboxylic acids is 1. The molecule has 28 heavy (non-hydrogen) atoms. The van der Waals surface area contributed by atoms with Crippen LogP contribution in [0.15, 0.2) is 53.6 Å². The predicted octanol–water partition coefficient (Wildman–Crippen LogP) is 2.70. The van der Waals surface area contributed by atoms with Crippen LogP contribution in [0.2, 0.25) is 5.02 Å². The van der Waals surface area contributed by atoms with E-state index in [9.17, 15) is 28.4 Å². The Morgan fingerprint density at radius 1 is 1.29 bits per heavy atom. The maximum Gasteiger partial charge on any atom is 0.322 e. The number of aliphatic carboxylic acids is 1. The van der Waals surface area contributed by atoms with Crippen molar-refractivity contribution in [3.05, 3.63) is 69.4 Å². The van der Waals surface area contributed by atoms with Gasteiger partial charge in [0.25, 0.3) is 5.69 Å². The summed E-state index contributed by atoms with van der Waals surface area (Å²) >= 11 is 5.88. The lowest BCUT2D eigenvalue weighted by molar-refractivity contribution is -0.385. The van der Waals surface area contributed by atoms with Crippen LogP contribution in [-0.2, 0) is 21.2 Å². The molecular formula is C17H14ClN3O6S. The van der Waals surface area contributed by atoms with Gasteiger partial charge in [-0.05, 0) is 17.7 Å². The number of nitro groups is 1. The van der Waals surface area contributed by atoms with E-state index in [0.717, 1.165) is 29.1 Å². The molecule has 0 radical (unpaired) electrons. The molecule has 0 aliphatic carbocycles. The van der Waals surface area contributed by atoms with Crippen molar-refractivity contribution in [2.45, 2.75) is 17.4 Å². The number of carboxylic acid groups (broad SMARTS) is 1. The molecule has 146 valence electrons. The third-order valence-corrected chi connectivity index (χ3v) is 6.06. The zero-order chi connectivity index (χ0) is 20.5. The van der Waals surface area contributed by atoms with Gasteiger partial charge in [-0.25, -0.2) is 8.42 Å². The highest BCUT2D eigenvalue weighted by Crippen LogP contribution is 2.27. The van der Waals surface area contributed by atoms with Gasteiger partial charge in [0.15, 0.2) is 0 Å². The van der Waals surface area contributed by atoms with E-state index < -0.39 is 37.5 Å². The molecule has 0 aliphatic rings. The van der Waals surface area contributed by atoms with Crippen LogP contribution < -0.4 is 4.72 Å². The minimum Gasteiger partial charge on any atom is -0.480 e. The van der Waals surface area contributed by atoms with Gasteiger partial charge in [0.2, 0.25) is 10.0 Å². The Morgan fingerprint density at radius 2 is 2.00 bits per heavy atom. The number of rotatable bonds is 7. The average Bonchev–Trinajstić information content (AvgIpc) is 3.04. The number of benzene rings is 2. The summed E-state index contributed by atoms with van der Waals surface area (Å²) < 4.78 is 27.4. The van der Waals surface area contributed by atoms with Crippen LogP contribution in [0.5, 0.6) is 0 Å². The van der Waals surface area contributed by atoms with Crippen molar-refractivity contribution in [1.82, 2.24) is 9.71 Å². The lowest BCUT2D eigenvalue weighted by Gasteiger charge is -2.15. The molecule has 0 bridgehead atoms. The van der Waals surface area contributed by atoms with E-state index in [1.807, 2.05) is 12.1 Å². The maximum atomic E-state index is 12.6. The summed E-state index contributed by atoms with van der Waals surface area (Å²) in [5, 5.41) is 20.9. The van der Waals surface area contributed by atoms with Gasteiger partial charge in [-0.2, -0.15) is 4.72 Å². The fraction of sp³-hybridized carbons (Fsp3) is 0.118. The number of hydrogen-bond acceptors (Lipinski definition) is 5. The Hall–Kier alpha value is -2.95. The second-order valence-electron chi connectivity index (χ2n) is 5.95. The number of para-hydroxylation sites is 1. The number of non-ortho nitro benzene ring substituents is 1. The van der Waals surface area contributed by atoms with Gasteiger partial charge in [0, 0.05) is 35.7 Å². The van der Waals surface area contributed by atoms with Crippen LogP contribution >= 0.6 is 11.6 Å². The standard InChI is InChI=1S/C17H14ClN3O6S/c18-13-6-5-11(21(24)25)8-16(13)28(26,27)20-15(17(22)23)7-10-9-19-14-4-2-1-3-12(10)14/h1-6,8-9,15,19-20H,7H2,(H,22,23)/t15-/m1/s1. The minimum absolute atomic E-state index is 0.134. The average molecular weight is 424 g/mol. The highest BCUT2D eigenvalue weighted by atomic mass is 35.5. The second-order valence-corrected chi connectivity index (χ2v) is 8.04. The van der Waals surface area contributed by atoms with E-state index >= 15 is 0 Å². The number of H-pyrrole nitrogens is 1. The van der Waals surface area contributed by atoms with E-state index in [1.54, 1.807) is 18.3 Å². The fourth-order valence-corrected chi connectivity index (χ4v) is 4.47. The first-order valence-corrected chi connectivity index (χ1v) is 9.79. The van der Waals surface area contributed by atoms with Crippen LogP contribution in [0.3, 0.4) is 0 Å². The topological polar surface area (TPSA) is 142 Å². The first-order valence-electron chi connectivity index (χ1n) is 7.93. The number of hydrogen-bond donors (Lipinski definition) is 3. The summed E-state index contributed by atoms with van der Waals surface area (Å²) in [6, 6.07) is 8.60. The van der Waals surface area contributed by atoms with E-state index in [4.69, 9.17) is 11.6 Å². The zero-order valence-corrected chi connectivity index (χ0v) is 15.7. The van der Waals surface area contributed by atoms with Crippen molar-refractivity contribution in [1.29, 1.82) is 0 Å². The summed E-state index contributed by atoms with van der Waals surface area (Å²) in [4.78, 5) is 24.2. The van der Waals surface area contributed by atoms with E-state index in [0.29, 0.717) is 5.56 Å². The molecule has 1 aromatic heterocycles. The summed E-state index contributed by atoms with van der Waals surface area (Å²) in [5.74, 6) is -1.39. The van der Waals surface area contributed by atoms with Gasteiger partial charge >= 0.3 is 5.97 Å². The van der Waals surface area contributed by atoms with Crippen molar-refractivity contribution in [2.24, 2.45) is 0 Å². The van der Waals surface area contributed by atoms with Gasteiger partial charge in [0.05, 0.1) is 9.95 Å². The van der Waals surface area contributed by atoms with E-state index in [2.05, 4.69) is 9.71 Å². The van der Waals surface area contributed by atoms with Crippen LogP contribution in [0, 0.1) is 10.1 Å². The van der Waals surface area contributed by atoms with Crippen molar-refractivity contribution < 1.29 is 23.2 Å². The quantitative estimate of drug-likeness (QED) is 0.394. The first kappa shape index (κ1) is 19.8.